The fourth-order valence-electron chi connectivity index (χ4n) is 4.35. The second-order valence-electron chi connectivity index (χ2n) is 8.45. The number of ether oxygens (including phenoxy) is 5. The number of hydrogen-bond donors (Lipinski definition) is 0. The maximum Gasteiger partial charge on any atom is 1.00 e. The van der Waals surface area contributed by atoms with E-state index in [1.807, 2.05) is 0 Å². The molecule has 35 heavy (non-hydrogen) atoms. The third-order valence-electron chi connectivity index (χ3n) is 6.15. The molecule has 0 saturated carbocycles. The molecule has 3 aromatic rings. The Hall–Kier alpha value is -1.06. The second-order valence-corrected chi connectivity index (χ2v) is 8.45. The predicted octanol–water partition coefficient (Wildman–Crippen LogP) is 0.938. The third kappa shape index (κ3) is 9.39. The van der Waals surface area contributed by atoms with Gasteiger partial charge in [0.2, 0.25) is 0 Å². The van der Waals surface area contributed by atoms with Gasteiger partial charge in [-0.25, -0.2) is 0 Å². The van der Waals surface area contributed by atoms with E-state index in [2.05, 4.69) is 59.5 Å². The van der Waals surface area contributed by atoms with Crippen molar-refractivity contribution in [3.05, 3.63) is 60.2 Å². The first kappa shape index (κ1) is 28.5. The van der Waals surface area contributed by atoms with E-state index in [9.17, 15) is 0 Å². The normalized spacial score (nSPS) is 18.5. The molecule has 6 nitrogen and oxygen atoms in total. The molecule has 1 fully saturated rings. The number of nitrogens with zero attached hydrogens (tertiary/aromatic N) is 1. The van der Waals surface area contributed by atoms with Gasteiger partial charge in [-0.1, -0.05) is 48.5 Å². The van der Waals surface area contributed by atoms with Crippen molar-refractivity contribution >= 4 is 21.5 Å². The third-order valence-corrected chi connectivity index (χ3v) is 6.15. The van der Waals surface area contributed by atoms with Crippen molar-refractivity contribution in [2.75, 3.05) is 85.7 Å². The van der Waals surface area contributed by atoms with Gasteiger partial charge in [0, 0.05) is 19.6 Å². The van der Waals surface area contributed by atoms with E-state index >= 15 is 0 Å². The van der Waals surface area contributed by atoms with Crippen molar-refractivity contribution in [2.45, 2.75) is 6.42 Å². The molecule has 0 N–H and O–H groups in total. The summed E-state index contributed by atoms with van der Waals surface area (Å²) in [6, 6.07) is 19.7. The Kier molecular flexibility index (Phi) is 13.6. The molecule has 1 aliphatic heterocycles. The van der Waals surface area contributed by atoms with Gasteiger partial charge in [0.25, 0.3) is 0 Å². The Morgan fingerprint density at radius 1 is 0.543 bits per heavy atom. The molecular weight excluding hydrogens is 453 g/mol. The van der Waals surface area contributed by atoms with Crippen molar-refractivity contribution in [2.24, 2.45) is 0 Å². The quantitative estimate of drug-likeness (QED) is 0.403. The fourth-order valence-corrected chi connectivity index (χ4v) is 4.35. The predicted molar refractivity (Wildman–Crippen MR) is 136 cm³/mol. The average Bonchev–Trinajstić information content (AvgIpc) is 2.87. The molecule has 0 spiro atoms. The van der Waals surface area contributed by atoms with Crippen molar-refractivity contribution in [3.8, 4) is 0 Å². The first-order valence-corrected chi connectivity index (χ1v) is 12.4. The fraction of sp³-hybridized carbons (Fsp3) is 0.500. The van der Waals surface area contributed by atoms with E-state index in [0.717, 1.165) is 26.1 Å². The molecule has 0 atom stereocenters. The molecule has 4 rings (SSSR count). The van der Waals surface area contributed by atoms with Gasteiger partial charge in [0.1, 0.15) is 0 Å². The summed E-state index contributed by atoms with van der Waals surface area (Å²) in [5.74, 6) is 0. The summed E-state index contributed by atoms with van der Waals surface area (Å²) in [6.07, 6.45) is 0.980. The Balaban J connectivity index is 0.00000342. The first-order chi connectivity index (χ1) is 16.9. The van der Waals surface area contributed by atoms with Gasteiger partial charge in [-0.3, -0.25) is 4.90 Å². The zero-order chi connectivity index (χ0) is 23.3. The van der Waals surface area contributed by atoms with Crippen LogP contribution in [-0.2, 0) is 30.1 Å². The molecule has 3 aromatic carbocycles. The van der Waals surface area contributed by atoms with Gasteiger partial charge < -0.3 is 23.7 Å². The van der Waals surface area contributed by atoms with Crippen molar-refractivity contribution < 1.29 is 53.2 Å². The minimum atomic E-state index is 0. The minimum absolute atomic E-state index is 0. The molecular formula is C28H37NNaO5+. The van der Waals surface area contributed by atoms with Gasteiger partial charge in [-0.15, -0.1) is 0 Å². The number of benzene rings is 3. The monoisotopic (exact) mass is 490 g/mol. The molecule has 0 amide bonds. The van der Waals surface area contributed by atoms with Crippen molar-refractivity contribution in [1.29, 1.82) is 0 Å². The Morgan fingerprint density at radius 2 is 0.943 bits per heavy atom. The zero-order valence-electron chi connectivity index (χ0n) is 21.1. The maximum atomic E-state index is 5.83. The van der Waals surface area contributed by atoms with Crippen molar-refractivity contribution in [1.82, 2.24) is 4.90 Å². The van der Waals surface area contributed by atoms with Crippen molar-refractivity contribution in [3.63, 3.8) is 0 Å². The van der Waals surface area contributed by atoms with Gasteiger partial charge in [0.15, 0.2) is 0 Å². The Labute approximate surface area is 231 Å². The maximum absolute atomic E-state index is 5.83. The molecule has 1 saturated heterocycles. The molecule has 0 aromatic heterocycles. The van der Waals surface area contributed by atoms with Crippen LogP contribution >= 0.6 is 0 Å². The largest absolute Gasteiger partial charge is 1.00 e. The SMILES string of the molecule is [Na+].c1ccc2c(CCN3CCOCCOCCOCCOCCOCC3)c3ccccc3cc2c1. The summed E-state index contributed by atoms with van der Waals surface area (Å²) in [7, 11) is 0. The van der Waals surface area contributed by atoms with E-state index in [-0.39, 0.29) is 29.6 Å². The molecule has 0 bridgehead atoms. The summed E-state index contributed by atoms with van der Waals surface area (Å²) < 4.78 is 28.3. The molecule has 184 valence electrons. The van der Waals surface area contributed by atoms with Crippen LogP contribution < -0.4 is 29.6 Å². The van der Waals surface area contributed by atoms with E-state index in [0.29, 0.717) is 66.1 Å². The van der Waals surface area contributed by atoms with Crippen LogP contribution in [-0.4, -0.2) is 90.6 Å². The van der Waals surface area contributed by atoms with E-state index in [1.165, 1.54) is 27.1 Å². The van der Waals surface area contributed by atoms with E-state index in [4.69, 9.17) is 23.7 Å². The minimum Gasteiger partial charge on any atom is -0.378 e. The summed E-state index contributed by atoms with van der Waals surface area (Å²) in [5.41, 5.74) is 1.42. The van der Waals surface area contributed by atoms with Gasteiger partial charge >= 0.3 is 29.6 Å². The molecule has 0 unspecified atom stereocenters. The second kappa shape index (κ2) is 16.6. The van der Waals surface area contributed by atoms with Gasteiger partial charge in [0.05, 0.1) is 66.1 Å². The summed E-state index contributed by atoms with van der Waals surface area (Å²) in [6.45, 7) is 8.74. The molecule has 0 radical (unpaired) electrons. The van der Waals surface area contributed by atoms with Crippen LogP contribution in [0.1, 0.15) is 5.56 Å². The van der Waals surface area contributed by atoms with Crippen LogP contribution in [0.5, 0.6) is 0 Å². The zero-order valence-corrected chi connectivity index (χ0v) is 23.1. The number of hydrogen-bond acceptors (Lipinski definition) is 6. The van der Waals surface area contributed by atoms with Gasteiger partial charge in [-0.2, -0.15) is 0 Å². The first-order valence-electron chi connectivity index (χ1n) is 12.4. The van der Waals surface area contributed by atoms with E-state index < -0.39 is 0 Å². The smallest absolute Gasteiger partial charge is 0.378 e. The average molecular weight is 491 g/mol. The summed E-state index contributed by atoms with van der Waals surface area (Å²) in [4.78, 5) is 2.44. The molecule has 7 heteroatoms. The number of fused-ring (bicyclic) bond motifs is 2. The standard InChI is InChI=1S/C28H37NO5.Na/c1-3-7-26-24(5-1)23-25-6-2-4-8-27(25)28(26)9-10-29-11-13-30-15-17-32-19-21-34-22-20-33-18-16-31-14-12-29;/h1-8,23H,9-22H2;/q;+1. The Morgan fingerprint density at radius 3 is 1.40 bits per heavy atom. The topological polar surface area (TPSA) is 49.4 Å². The van der Waals surface area contributed by atoms with Crippen LogP contribution in [0, 0.1) is 0 Å². The molecule has 1 heterocycles. The number of rotatable bonds is 3. The summed E-state index contributed by atoms with van der Waals surface area (Å²) >= 11 is 0. The van der Waals surface area contributed by atoms with Gasteiger partial charge in [-0.05, 0) is 39.6 Å². The molecule has 1 aliphatic rings. The van der Waals surface area contributed by atoms with Crippen LogP contribution in [0.25, 0.3) is 21.5 Å². The van der Waals surface area contributed by atoms with Crippen LogP contribution in [0.15, 0.2) is 54.6 Å². The van der Waals surface area contributed by atoms with Crippen LogP contribution in [0.3, 0.4) is 0 Å². The summed E-state index contributed by atoms with van der Waals surface area (Å²) in [5, 5.41) is 5.28. The van der Waals surface area contributed by atoms with E-state index in [1.54, 1.807) is 0 Å². The molecule has 0 aliphatic carbocycles. The Bertz CT molecular complexity index is 929. The van der Waals surface area contributed by atoms with Crippen LogP contribution in [0.2, 0.25) is 0 Å². The van der Waals surface area contributed by atoms with Crippen LogP contribution in [0.4, 0.5) is 0 Å².